The van der Waals surface area contributed by atoms with E-state index in [1.165, 1.54) is 18.2 Å². The number of aromatic nitrogens is 3. The average Bonchev–Trinajstić information content (AvgIpc) is 2.91. The molecule has 1 aliphatic heterocycles. The fraction of sp³-hybridized carbons (Fsp3) is 0.350. The second-order valence-electron chi connectivity index (χ2n) is 6.65. The van der Waals surface area contributed by atoms with Gasteiger partial charge in [0.25, 0.3) is 0 Å². The minimum Gasteiger partial charge on any atom is -0.348 e. The predicted octanol–water partition coefficient (Wildman–Crippen LogP) is 4.22. The van der Waals surface area contributed by atoms with Crippen LogP contribution in [0.4, 0.5) is 0 Å². The number of thioether (sulfide) groups is 1. The summed E-state index contributed by atoms with van der Waals surface area (Å²) in [6.07, 6.45) is 4.50. The number of carbonyl (C=O) groups is 1. The molecular formula is C20H21ClN4OS. The number of nitrogens with one attached hydrogen (secondary N) is 1. The van der Waals surface area contributed by atoms with E-state index in [1.54, 1.807) is 0 Å². The molecule has 1 amide bonds. The van der Waals surface area contributed by atoms with Crippen molar-refractivity contribution in [2.75, 3.05) is 5.75 Å². The van der Waals surface area contributed by atoms with Crippen LogP contribution in [0.15, 0.2) is 41.3 Å². The first-order valence-corrected chi connectivity index (χ1v) is 10.6. The Morgan fingerprint density at radius 1 is 1.15 bits per heavy atom. The zero-order valence-electron chi connectivity index (χ0n) is 14.9. The number of halogens is 1. The summed E-state index contributed by atoms with van der Waals surface area (Å²) in [6, 6.07) is 11.9. The zero-order valence-corrected chi connectivity index (χ0v) is 16.5. The summed E-state index contributed by atoms with van der Waals surface area (Å²) in [6.45, 7) is 1.36. The summed E-state index contributed by atoms with van der Waals surface area (Å²) >= 11 is 7.86. The highest BCUT2D eigenvalue weighted by atomic mass is 35.5. The SMILES string of the molecule is O=C(CSc1cccc2cccc(Cl)c12)NCc1nnc2n1CCCCC2. The Morgan fingerprint density at radius 2 is 2.00 bits per heavy atom. The highest BCUT2D eigenvalue weighted by Crippen LogP contribution is 2.33. The van der Waals surface area contributed by atoms with E-state index in [0.717, 1.165) is 53.1 Å². The van der Waals surface area contributed by atoms with Crippen LogP contribution in [0.5, 0.6) is 0 Å². The molecule has 0 atom stereocenters. The van der Waals surface area contributed by atoms with Gasteiger partial charge in [0.1, 0.15) is 5.82 Å². The summed E-state index contributed by atoms with van der Waals surface area (Å²) in [4.78, 5) is 13.4. The van der Waals surface area contributed by atoms with Crippen LogP contribution in [0.2, 0.25) is 5.02 Å². The maximum absolute atomic E-state index is 12.3. The molecule has 140 valence electrons. The van der Waals surface area contributed by atoms with Gasteiger partial charge < -0.3 is 9.88 Å². The molecule has 0 saturated carbocycles. The number of amides is 1. The third-order valence-electron chi connectivity index (χ3n) is 4.80. The molecule has 0 unspecified atom stereocenters. The van der Waals surface area contributed by atoms with Gasteiger partial charge >= 0.3 is 0 Å². The zero-order chi connectivity index (χ0) is 18.6. The fourth-order valence-corrected chi connectivity index (χ4v) is 4.71. The largest absolute Gasteiger partial charge is 0.348 e. The molecule has 4 rings (SSSR count). The van der Waals surface area contributed by atoms with Crippen LogP contribution in [-0.4, -0.2) is 26.4 Å². The van der Waals surface area contributed by atoms with Crippen LogP contribution in [0.25, 0.3) is 10.8 Å². The number of benzene rings is 2. The van der Waals surface area contributed by atoms with Crippen LogP contribution in [-0.2, 0) is 24.3 Å². The van der Waals surface area contributed by atoms with E-state index >= 15 is 0 Å². The van der Waals surface area contributed by atoms with Gasteiger partial charge in [-0.15, -0.1) is 22.0 Å². The number of rotatable bonds is 5. The van der Waals surface area contributed by atoms with Crippen molar-refractivity contribution in [2.24, 2.45) is 0 Å². The van der Waals surface area contributed by atoms with Gasteiger partial charge in [-0.05, 0) is 30.4 Å². The molecule has 2 aromatic carbocycles. The number of hydrogen-bond donors (Lipinski definition) is 1. The van der Waals surface area contributed by atoms with Crippen molar-refractivity contribution in [3.05, 3.63) is 53.1 Å². The third-order valence-corrected chi connectivity index (χ3v) is 6.18. The Balaban J connectivity index is 1.38. The van der Waals surface area contributed by atoms with E-state index < -0.39 is 0 Å². The molecule has 0 radical (unpaired) electrons. The lowest BCUT2D eigenvalue weighted by Crippen LogP contribution is -2.26. The Labute approximate surface area is 167 Å². The van der Waals surface area contributed by atoms with Crippen LogP contribution >= 0.6 is 23.4 Å². The topological polar surface area (TPSA) is 59.8 Å². The van der Waals surface area contributed by atoms with Crippen molar-refractivity contribution in [1.82, 2.24) is 20.1 Å². The minimum atomic E-state index is -0.0185. The van der Waals surface area contributed by atoms with Crippen molar-refractivity contribution in [2.45, 2.75) is 43.7 Å². The lowest BCUT2D eigenvalue weighted by molar-refractivity contribution is -0.118. The van der Waals surface area contributed by atoms with Crippen LogP contribution in [0, 0.1) is 0 Å². The molecule has 1 aliphatic rings. The molecule has 27 heavy (non-hydrogen) atoms. The molecule has 5 nitrogen and oxygen atoms in total. The molecule has 7 heteroatoms. The fourth-order valence-electron chi connectivity index (χ4n) is 3.43. The van der Waals surface area contributed by atoms with Gasteiger partial charge in [-0.2, -0.15) is 0 Å². The quantitative estimate of drug-likeness (QED) is 0.651. The van der Waals surface area contributed by atoms with E-state index in [1.807, 2.05) is 36.4 Å². The van der Waals surface area contributed by atoms with Gasteiger partial charge in [0.05, 0.1) is 12.3 Å². The summed E-state index contributed by atoms with van der Waals surface area (Å²) in [7, 11) is 0. The Kier molecular flexibility index (Phi) is 5.64. The normalized spacial score (nSPS) is 14.0. The average molecular weight is 401 g/mol. The summed E-state index contributed by atoms with van der Waals surface area (Å²) in [5.41, 5.74) is 0. The van der Waals surface area contributed by atoms with Crippen LogP contribution < -0.4 is 5.32 Å². The number of nitrogens with zero attached hydrogens (tertiary/aromatic N) is 3. The molecule has 2 heterocycles. The second kappa shape index (κ2) is 8.31. The van der Waals surface area contributed by atoms with E-state index in [9.17, 15) is 4.79 Å². The highest BCUT2D eigenvalue weighted by Gasteiger charge is 2.15. The molecule has 0 aliphatic carbocycles. The number of carbonyl (C=O) groups excluding carboxylic acids is 1. The maximum atomic E-state index is 12.3. The third kappa shape index (κ3) is 4.12. The number of aryl methyl sites for hydroxylation is 1. The van der Waals surface area contributed by atoms with Gasteiger partial charge in [0, 0.05) is 28.3 Å². The van der Waals surface area contributed by atoms with Gasteiger partial charge in [-0.3, -0.25) is 4.79 Å². The lowest BCUT2D eigenvalue weighted by atomic mass is 10.1. The Morgan fingerprint density at radius 3 is 2.89 bits per heavy atom. The van der Waals surface area contributed by atoms with Crippen molar-refractivity contribution in [3.8, 4) is 0 Å². The Hall–Kier alpha value is -2.05. The molecule has 1 N–H and O–H groups in total. The van der Waals surface area contributed by atoms with E-state index in [0.29, 0.717) is 17.3 Å². The van der Waals surface area contributed by atoms with Crippen molar-refractivity contribution in [3.63, 3.8) is 0 Å². The number of hydrogen-bond acceptors (Lipinski definition) is 4. The standard InChI is InChI=1S/C20H21ClN4OS/c21-15-8-4-6-14-7-5-9-16(20(14)15)27-13-19(26)22-12-18-24-23-17-10-2-1-3-11-25(17)18/h4-9H,1-3,10-13H2,(H,22,26). The number of fused-ring (bicyclic) bond motifs is 2. The predicted molar refractivity (Wildman–Crippen MR) is 109 cm³/mol. The van der Waals surface area contributed by atoms with Crippen LogP contribution in [0.1, 0.15) is 30.9 Å². The molecule has 0 spiro atoms. The van der Waals surface area contributed by atoms with E-state index in [2.05, 4.69) is 20.1 Å². The van der Waals surface area contributed by atoms with Crippen molar-refractivity contribution < 1.29 is 4.79 Å². The molecule has 0 bridgehead atoms. The van der Waals surface area contributed by atoms with Gasteiger partial charge in [-0.1, -0.05) is 42.3 Å². The van der Waals surface area contributed by atoms with E-state index in [-0.39, 0.29) is 5.91 Å². The molecular weight excluding hydrogens is 380 g/mol. The summed E-state index contributed by atoms with van der Waals surface area (Å²) in [5.74, 6) is 2.20. The highest BCUT2D eigenvalue weighted by molar-refractivity contribution is 8.00. The first-order valence-electron chi connectivity index (χ1n) is 9.20. The summed E-state index contributed by atoms with van der Waals surface area (Å²) in [5, 5.41) is 14.3. The lowest BCUT2D eigenvalue weighted by Gasteiger charge is -2.10. The van der Waals surface area contributed by atoms with Gasteiger partial charge in [0.2, 0.25) is 5.91 Å². The molecule has 0 saturated heterocycles. The second-order valence-corrected chi connectivity index (χ2v) is 8.08. The first-order chi connectivity index (χ1) is 13.2. The monoisotopic (exact) mass is 400 g/mol. The first kappa shape index (κ1) is 18.3. The summed E-state index contributed by atoms with van der Waals surface area (Å²) < 4.78 is 2.16. The van der Waals surface area contributed by atoms with Gasteiger partial charge in [-0.25, -0.2) is 0 Å². The van der Waals surface area contributed by atoms with Crippen molar-refractivity contribution in [1.29, 1.82) is 0 Å². The van der Waals surface area contributed by atoms with Crippen molar-refractivity contribution >= 4 is 40.0 Å². The van der Waals surface area contributed by atoms with Gasteiger partial charge in [0.15, 0.2) is 5.82 Å². The smallest absolute Gasteiger partial charge is 0.230 e. The maximum Gasteiger partial charge on any atom is 0.230 e. The molecule has 0 fully saturated rings. The minimum absolute atomic E-state index is 0.0185. The van der Waals surface area contributed by atoms with E-state index in [4.69, 9.17) is 11.6 Å². The molecule has 1 aromatic heterocycles. The molecule has 3 aromatic rings. The van der Waals surface area contributed by atoms with Crippen LogP contribution in [0.3, 0.4) is 0 Å². The Bertz CT molecular complexity index is 967.